The zero-order valence-corrected chi connectivity index (χ0v) is 12.4. The molecule has 1 aromatic carbocycles. The molecule has 1 aliphatic rings. The van der Waals surface area contributed by atoms with Crippen LogP contribution in [0.25, 0.3) is 0 Å². The predicted molar refractivity (Wildman–Crippen MR) is 81.1 cm³/mol. The molecule has 1 aromatic rings. The number of carboxylic acids is 1. The summed E-state index contributed by atoms with van der Waals surface area (Å²) in [5.41, 5.74) is -0.918. The van der Waals surface area contributed by atoms with Crippen LogP contribution in [0, 0.1) is 16.0 Å². The van der Waals surface area contributed by atoms with Gasteiger partial charge in [0.25, 0.3) is 5.69 Å². The second kappa shape index (κ2) is 6.31. The van der Waals surface area contributed by atoms with Gasteiger partial charge < -0.3 is 15.5 Å². The zero-order valence-electron chi connectivity index (χ0n) is 12.4. The lowest BCUT2D eigenvalue weighted by atomic mass is 9.80. The summed E-state index contributed by atoms with van der Waals surface area (Å²) in [6, 6.07) is 4.01. The molecule has 0 amide bonds. The molecule has 0 heterocycles. The van der Waals surface area contributed by atoms with E-state index in [1.54, 1.807) is 6.92 Å². The molecule has 0 radical (unpaired) electrons. The van der Waals surface area contributed by atoms with Gasteiger partial charge in [0.15, 0.2) is 0 Å². The van der Waals surface area contributed by atoms with Crippen LogP contribution in [0.5, 0.6) is 0 Å². The number of rotatable bonds is 5. The number of nitro benzene ring substituents is 1. The van der Waals surface area contributed by atoms with Crippen molar-refractivity contribution in [2.45, 2.75) is 38.2 Å². The lowest BCUT2D eigenvalue weighted by molar-refractivity contribution is -0.384. The Morgan fingerprint density at radius 3 is 2.64 bits per heavy atom. The van der Waals surface area contributed by atoms with Gasteiger partial charge in [-0.1, -0.05) is 6.07 Å². The highest BCUT2D eigenvalue weighted by Gasteiger charge is 2.29. The monoisotopic (exact) mass is 308 g/mol. The summed E-state index contributed by atoms with van der Waals surface area (Å²) in [5.74, 6) is -0.931. The fourth-order valence-corrected chi connectivity index (χ4v) is 2.81. The van der Waals surface area contributed by atoms with Gasteiger partial charge in [0.05, 0.1) is 16.1 Å². The Kier molecular flexibility index (Phi) is 4.65. The van der Waals surface area contributed by atoms with Crippen LogP contribution in [0.15, 0.2) is 18.2 Å². The Labute approximate surface area is 128 Å². The molecule has 1 aliphatic carbocycles. The number of nitro groups is 1. The number of nitrogens with zero attached hydrogens (tertiary/aromatic N) is 1. The molecule has 22 heavy (non-hydrogen) atoms. The molecule has 2 rings (SSSR count). The maximum atomic E-state index is 11.2. The van der Waals surface area contributed by atoms with Crippen LogP contribution in [0.1, 0.15) is 43.0 Å². The first kappa shape index (κ1) is 16.2. The molecule has 1 saturated carbocycles. The highest BCUT2D eigenvalue weighted by molar-refractivity contribution is 5.96. The Morgan fingerprint density at radius 2 is 2.09 bits per heavy atom. The number of aromatic carboxylic acids is 1. The fourth-order valence-electron chi connectivity index (χ4n) is 2.81. The SMILES string of the molecule is CC1(O)CCC(CNc2c(C(=O)O)cccc2[N+](=O)[O-])CC1. The average Bonchev–Trinajstić information content (AvgIpc) is 2.45. The molecular formula is C15H20N2O5. The van der Waals surface area contributed by atoms with E-state index in [2.05, 4.69) is 5.32 Å². The van der Waals surface area contributed by atoms with E-state index in [1.165, 1.54) is 18.2 Å². The van der Waals surface area contributed by atoms with Gasteiger partial charge >= 0.3 is 5.97 Å². The second-order valence-corrected chi connectivity index (χ2v) is 6.08. The molecule has 0 unspecified atom stereocenters. The van der Waals surface area contributed by atoms with E-state index in [9.17, 15) is 25.1 Å². The number of anilines is 1. The topological polar surface area (TPSA) is 113 Å². The summed E-state index contributed by atoms with van der Waals surface area (Å²) in [4.78, 5) is 21.7. The number of aliphatic hydroxyl groups is 1. The van der Waals surface area contributed by atoms with Gasteiger partial charge in [0.2, 0.25) is 0 Å². The first-order valence-electron chi connectivity index (χ1n) is 7.27. The number of benzene rings is 1. The molecule has 120 valence electrons. The van der Waals surface area contributed by atoms with Crippen molar-refractivity contribution in [1.82, 2.24) is 0 Å². The van der Waals surface area contributed by atoms with Gasteiger partial charge in [-0.3, -0.25) is 10.1 Å². The van der Waals surface area contributed by atoms with Gasteiger partial charge in [-0.2, -0.15) is 0 Å². The lowest BCUT2D eigenvalue weighted by Crippen LogP contribution is -2.32. The molecular weight excluding hydrogens is 288 g/mol. The first-order valence-corrected chi connectivity index (χ1v) is 7.27. The molecule has 7 heteroatoms. The number of nitrogens with one attached hydrogen (secondary N) is 1. The van der Waals surface area contributed by atoms with E-state index >= 15 is 0 Å². The van der Waals surface area contributed by atoms with E-state index in [4.69, 9.17) is 0 Å². The summed E-state index contributed by atoms with van der Waals surface area (Å²) < 4.78 is 0. The fraction of sp³-hybridized carbons (Fsp3) is 0.533. The maximum absolute atomic E-state index is 11.2. The van der Waals surface area contributed by atoms with E-state index in [0.717, 1.165) is 12.8 Å². The smallest absolute Gasteiger partial charge is 0.338 e. The standard InChI is InChI=1S/C15H20N2O5/c1-15(20)7-5-10(6-8-15)9-16-13-11(14(18)19)3-2-4-12(13)17(21)22/h2-4,10,16,20H,5-9H2,1H3,(H,18,19). The molecule has 0 aromatic heterocycles. The normalized spacial score (nSPS) is 24.7. The minimum absolute atomic E-state index is 0.0531. The van der Waals surface area contributed by atoms with Gasteiger partial charge in [0.1, 0.15) is 5.69 Å². The van der Waals surface area contributed by atoms with E-state index in [0.29, 0.717) is 19.4 Å². The van der Waals surface area contributed by atoms with Crippen LogP contribution < -0.4 is 5.32 Å². The summed E-state index contributed by atoms with van der Waals surface area (Å²) >= 11 is 0. The Bertz CT molecular complexity index is 543. The van der Waals surface area contributed by atoms with Gasteiger partial charge in [-0.25, -0.2) is 4.79 Å². The van der Waals surface area contributed by atoms with Crippen LogP contribution in [0.4, 0.5) is 11.4 Å². The quantitative estimate of drug-likeness (QED) is 0.569. The molecule has 3 N–H and O–H groups in total. The summed E-state index contributed by atoms with van der Waals surface area (Å²) in [7, 11) is 0. The lowest BCUT2D eigenvalue weighted by Gasteiger charge is -2.33. The summed E-state index contributed by atoms with van der Waals surface area (Å²) in [6.45, 7) is 2.27. The van der Waals surface area contributed by atoms with Crippen LogP contribution >= 0.6 is 0 Å². The van der Waals surface area contributed by atoms with Crippen molar-refractivity contribution >= 4 is 17.3 Å². The molecule has 0 saturated heterocycles. The number of hydrogen-bond donors (Lipinski definition) is 3. The average molecular weight is 308 g/mol. The van der Waals surface area contributed by atoms with Crippen LogP contribution in [-0.2, 0) is 0 Å². The first-order chi connectivity index (χ1) is 10.3. The third kappa shape index (κ3) is 3.73. The van der Waals surface area contributed by atoms with Crippen LogP contribution in [0.3, 0.4) is 0 Å². The van der Waals surface area contributed by atoms with Gasteiger partial charge in [-0.05, 0) is 44.6 Å². The van der Waals surface area contributed by atoms with Crippen LogP contribution in [0.2, 0.25) is 0 Å². The molecule has 0 spiro atoms. The number of hydrogen-bond acceptors (Lipinski definition) is 5. The highest BCUT2D eigenvalue weighted by atomic mass is 16.6. The molecule has 7 nitrogen and oxygen atoms in total. The Hall–Kier alpha value is -2.15. The highest BCUT2D eigenvalue weighted by Crippen LogP contribution is 2.33. The summed E-state index contributed by atoms with van der Waals surface area (Å²) in [6.07, 6.45) is 2.98. The molecule has 0 atom stereocenters. The molecule has 1 fully saturated rings. The second-order valence-electron chi connectivity index (χ2n) is 6.08. The summed E-state index contributed by atoms with van der Waals surface area (Å²) in [5, 5.41) is 33.1. The van der Waals surface area contributed by atoms with Crippen molar-refractivity contribution in [3.63, 3.8) is 0 Å². The maximum Gasteiger partial charge on any atom is 0.338 e. The number of para-hydroxylation sites is 1. The van der Waals surface area contributed by atoms with Crippen molar-refractivity contribution in [1.29, 1.82) is 0 Å². The third-order valence-electron chi connectivity index (χ3n) is 4.22. The number of carboxylic acid groups (broad SMARTS) is 1. The number of carbonyl (C=O) groups is 1. The Morgan fingerprint density at radius 1 is 1.45 bits per heavy atom. The van der Waals surface area contributed by atoms with Crippen LogP contribution in [-0.4, -0.2) is 33.3 Å². The van der Waals surface area contributed by atoms with Gasteiger partial charge in [0, 0.05) is 12.6 Å². The van der Waals surface area contributed by atoms with Gasteiger partial charge in [-0.15, -0.1) is 0 Å². The van der Waals surface area contributed by atoms with E-state index in [1.807, 2.05) is 0 Å². The van der Waals surface area contributed by atoms with E-state index < -0.39 is 16.5 Å². The molecule has 0 bridgehead atoms. The van der Waals surface area contributed by atoms with E-state index in [-0.39, 0.29) is 22.9 Å². The zero-order chi connectivity index (χ0) is 16.3. The van der Waals surface area contributed by atoms with Crippen molar-refractivity contribution in [3.05, 3.63) is 33.9 Å². The largest absolute Gasteiger partial charge is 0.478 e. The van der Waals surface area contributed by atoms with Crippen molar-refractivity contribution in [3.8, 4) is 0 Å². The minimum Gasteiger partial charge on any atom is -0.478 e. The van der Waals surface area contributed by atoms with Crippen molar-refractivity contribution in [2.24, 2.45) is 5.92 Å². The third-order valence-corrected chi connectivity index (χ3v) is 4.22. The van der Waals surface area contributed by atoms with Crippen molar-refractivity contribution < 1.29 is 19.9 Å². The van der Waals surface area contributed by atoms with Crippen molar-refractivity contribution in [2.75, 3.05) is 11.9 Å². The Balaban J connectivity index is 2.12. The predicted octanol–water partition coefficient (Wildman–Crippen LogP) is 2.65. The minimum atomic E-state index is -1.20. The molecule has 0 aliphatic heterocycles.